The Hall–Kier alpha value is -1.75. The van der Waals surface area contributed by atoms with Crippen LogP contribution in [0.5, 0.6) is 11.5 Å². The third kappa shape index (κ3) is 4.63. The Morgan fingerprint density at radius 3 is 2.45 bits per heavy atom. The fourth-order valence-corrected chi connectivity index (χ4v) is 2.19. The lowest BCUT2D eigenvalue weighted by molar-refractivity contribution is -0.132. The van der Waals surface area contributed by atoms with Crippen LogP contribution in [0.1, 0.15) is 25.8 Å². The van der Waals surface area contributed by atoms with E-state index in [4.69, 9.17) is 15.2 Å². The number of hydrogen-bond acceptors (Lipinski definition) is 4. The molecule has 1 rings (SSSR count). The maximum absolute atomic E-state index is 12.2. The Morgan fingerprint density at radius 1 is 1.27 bits per heavy atom. The van der Waals surface area contributed by atoms with Crippen molar-refractivity contribution in [3.05, 3.63) is 23.8 Å². The molecule has 0 saturated carbocycles. The van der Waals surface area contributed by atoms with Crippen molar-refractivity contribution in [1.29, 1.82) is 0 Å². The van der Waals surface area contributed by atoms with Crippen LogP contribution < -0.4 is 15.2 Å². The van der Waals surface area contributed by atoms with E-state index in [0.29, 0.717) is 18.0 Å². The van der Waals surface area contributed by atoms with Crippen LogP contribution in [0.15, 0.2) is 18.2 Å². The second-order valence-corrected chi connectivity index (χ2v) is 5.61. The number of rotatable bonds is 8. The van der Waals surface area contributed by atoms with Gasteiger partial charge in [-0.05, 0) is 30.0 Å². The molecule has 0 heterocycles. The van der Waals surface area contributed by atoms with Gasteiger partial charge in [-0.1, -0.05) is 26.3 Å². The first-order chi connectivity index (χ1) is 10.4. The Kier molecular flexibility index (Phi) is 7.18. The first-order valence-electron chi connectivity index (χ1n) is 7.66. The van der Waals surface area contributed by atoms with E-state index >= 15 is 0 Å². The highest BCUT2D eigenvalue weighted by atomic mass is 16.5. The van der Waals surface area contributed by atoms with Gasteiger partial charge in [-0.3, -0.25) is 4.79 Å². The van der Waals surface area contributed by atoms with Gasteiger partial charge in [0, 0.05) is 13.6 Å². The number of hydrogen-bond donors (Lipinski definition) is 1. The molecule has 0 aliphatic carbocycles. The largest absolute Gasteiger partial charge is 0.493 e. The topological polar surface area (TPSA) is 64.8 Å². The van der Waals surface area contributed by atoms with Crippen molar-refractivity contribution >= 4 is 5.91 Å². The second-order valence-electron chi connectivity index (χ2n) is 5.61. The van der Waals surface area contributed by atoms with E-state index in [1.807, 2.05) is 32.0 Å². The molecule has 124 valence electrons. The summed E-state index contributed by atoms with van der Waals surface area (Å²) < 4.78 is 10.5. The highest BCUT2D eigenvalue weighted by Crippen LogP contribution is 2.27. The normalized spacial score (nSPS) is 13.4. The molecule has 2 atom stereocenters. The summed E-state index contributed by atoms with van der Waals surface area (Å²) in [5.74, 6) is 1.59. The van der Waals surface area contributed by atoms with Crippen molar-refractivity contribution in [1.82, 2.24) is 4.90 Å². The van der Waals surface area contributed by atoms with Gasteiger partial charge < -0.3 is 20.1 Å². The Morgan fingerprint density at radius 2 is 1.91 bits per heavy atom. The minimum absolute atomic E-state index is 0.00479. The zero-order chi connectivity index (χ0) is 16.7. The molecule has 1 amide bonds. The minimum Gasteiger partial charge on any atom is -0.493 e. The third-order valence-corrected chi connectivity index (χ3v) is 4.10. The number of nitrogens with zero attached hydrogens (tertiary/aromatic N) is 1. The summed E-state index contributed by atoms with van der Waals surface area (Å²) in [5, 5.41) is 0. The molecule has 0 radical (unpaired) electrons. The van der Waals surface area contributed by atoms with Gasteiger partial charge in [-0.15, -0.1) is 0 Å². The average Bonchev–Trinajstić information content (AvgIpc) is 2.56. The molecule has 0 saturated heterocycles. The minimum atomic E-state index is -0.430. The zero-order valence-corrected chi connectivity index (χ0v) is 14.3. The summed E-state index contributed by atoms with van der Waals surface area (Å²) in [6.45, 7) is 4.67. The molecule has 1 aromatic rings. The van der Waals surface area contributed by atoms with Crippen LogP contribution in [0, 0.1) is 5.92 Å². The molecule has 1 aromatic carbocycles. The van der Waals surface area contributed by atoms with Crippen molar-refractivity contribution in [3.8, 4) is 11.5 Å². The molecule has 22 heavy (non-hydrogen) atoms. The van der Waals surface area contributed by atoms with Crippen LogP contribution in [0.2, 0.25) is 0 Å². The quantitative estimate of drug-likeness (QED) is 0.798. The van der Waals surface area contributed by atoms with Crippen LogP contribution in [0.3, 0.4) is 0 Å². The first kappa shape index (κ1) is 18.3. The molecular formula is C17H28N2O3. The van der Waals surface area contributed by atoms with E-state index in [0.717, 1.165) is 18.4 Å². The van der Waals surface area contributed by atoms with Gasteiger partial charge in [0.2, 0.25) is 5.91 Å². The van der Waals surface area contributed by atoms with Crippen LogP contribution in [-0.2, 0) is 11.2 Å². The van der Waals surface area contributed by atoms with E-state index in [-0.39, 0.29) is 11.8 Å². The highest BCUT2D eigenvalue weighted by Gasteiger charge is 2.22. The number of ether oxygens (including phenoxy) is 2. The van der Waals surface area contributed by atoms with Gasteiger partial charge >= 0.3 is 0 Å². The Bertz CT molecular complexity index is 491. The SMILES string of the molecule is CC[C@H](C)[C@H](N)C(=O)N(C)CCc1ccc(OC)c(OC)c1. The maximum Gasteiger partial charge on any atom is 0.239 e. The molecule has 0 spiro atoms. The van der Waals surface area contributed by atoms with E-state index in [1.54, 1.807) is 26.2 Å². The highest BCUT2D eigenvalue weighted by molar-refractivity contribution is 5.81. The smallest absolute Gasteiger partial charge is 0.239 e. The van der Waals surface area contributed by atoms with E-state index in [2.05, 4.69) is 0 Å². The summed E-state index contributed by atoms with van der Waals surface area (Å²) in [4.78, 5) is 13.9. The molecule has 0 bridgehead atoms. The fraction of sp³-hybridized carbons (Fsp3) is 0.588. The van der Waals surface area contributed by atoms with Crippen molar-refractivity contribution in [2.24, 2.45) is 11.7 Å². The molecular weight excluding hydrogens is 280 g/mol. The number of amides is 1. The predicted molar refractivity (Wildman–Crippen MR) is 88.3 cm³/mol. The summed E-state index contributed by atoms with van der Waals surface area (Å²) in [6.07, 6.45) is 1.65. The average molecular weight is 308 g/mol. The number of carbonyl (C=O) groups excluding carboxylic acids is 1. The van der Waals surface area contributed by atoms with Gasteiger partial charge in [0.1, 0.15) is 0 Å². The summed E-state index contributed by atoms with van der Waals surface area (Å²) in [5.41, 5.74) is 7.09. The number of methoxy groups -OCH3 is 2. The number of benzene rings is 1. The van der Waals surface area contributed by atoms with E-state index in [9.17, 15) is 4.79 Å². The van der Waals surface area contributed by atoms with Gasteiger partial charge in [-0.25, -0.2) is 0 Å². The number of carbonyl (C=O) groups is 1. The molecule has 5 nitrogen and oxygen atoms in total. The summed E-state index contributed by atoms with van der Waals surface area (Å²) in [7, 11) is 5.02. The monoisotopic (exact) mass is 308 g/mol. The predicted octanol–water partition coefficient (Wildman–Crippen LogP) is 2.08. The standard InChI is InChI=1S/C17H28N2O3/c1-6-12(2)16(18)17(20)19(3)10-9-13-7-8-14(21-4)15(11-13)22-5/h7-8,11-12,16H,6,9-10,18H2,1-5H3/t12-,16-/m0/s1. The third-order valence-electron chi connectivity index (χ3n) is 4.10. The lowest BCUT2D eigenvalue weighted by Gasteiger charge is -2.24. The van der Waals surface area contributed by atoms with Gasteiger partial charge in [0.05, 0.1) is 20.3 Å². The van der Waals surface area contributed by atoms with Gasteiger partial charge in [0.25, 0.3) is 0 Å². The van der Waals surface area contributed by atoms with Gasteiger partial charge in [-0.2, -0.15) is 0 Å². The number of nitrogens with two attached hydrogens (primary N) is 1. The lowest BCUT2D eigenvalue weighted by atomic mass is 9.99. The van der Waals surface area contributed by atoms with Crippen LogP contribution in [0.25, 0.3) is 0 Å². The van der Waals surface area contributed by atoms with Crippen molar-refractivity contribution in [2.45, 2.75) is 32.7 Å². The van der Waals surface area contributed by atoms with E-state index in [1.165, 1.54) is 0 Å². The summed E-state index contributed by atoms with van der Waals surface area (Å²) in [6, 6.07) is 5.36. The molecule has 0 unspecified atom stereocenters. The maximum atomic E-state index is 12.2. The van der Waals surface area contributed by atoms with Crippen molar-refractivity contribution in [3.63, 3.8) is 0 Å². The Labute approximate surface area is 133 Å². The molecule has 2 N–H and O–H groups in total. The molecule has 0 aliphatic heterocycles. The van der Waals surface area contributed by atoms with Crippen LogP contribution >= 0.6 is 0 Å². The fourth-order valence-electron chi connectivity index (χ4n) is 2.19. The van der Waals surface area contributed by atoms with Gasteiger partial charge in [0.15, 0.2) is 11.5 Å². The molecule has 0 aliphatic rings. The van der Waals surface area contributed by atoms with Crippen LogP contribution in [-0.4, -0.2) is 44.7 Å². The first-order valence-corrected chi connectivity index (χ1v) is 7.66. The van der Waals surface area contributed by atoms with Crippen molar-refractivity contribution in [2.75, 3.05) is 27.8 Å². The molecule has 5 heteroatoms. The lowest BCUT2D eigenvalue weighted by Crippen LogP contribution is -2.46. The molecule has 0 fully saturated rings. The zero-order valence-electron chi connectivity index (χ0n) is 14.3. The van der Waals surface area contributed by atoms with Crippen LogP contribution in [0.4, 0.5) is 0 Å². The second kappa shape index (κ2) is 8.63. The van der Waals surface area contributed by atoms with Crippen molar-refractivity contribution < 1.29 is 14.3 Å². The molecule has 0 aromatic heterocycles. The number of likely N-dealkylation sites (N-methyl/N-ethyl adjacent to an activating group) is 1. The van der Waals surface area contributed by atoms with E-state index < -0.39 is 6.04 Å². The summed E-state index contributed by atoms with van der Waals surface area (Å²) >= 11 is 0. The Balaban J connectivity index is 2.64.